The quantitative estimate of drug-likeness (QED) is 0.756. The number of fused-ring (bicyclic) bond motifs is 1. The van der Waals surface area contributed by atoms with Crippen LogP contribution in [-0.2, 0) is 4.79 Å². The molecule has 2 aromatic rings. The van der Waals surface area contributed by atoms with Gasteiger partial charge in [0.2, 0.25) is 11.9 Å². The molecule has 30 heavy (non-hydrogen) atoms. The molecule has 3 saturated heterocycles. The van der Waals surface area contributed by atoms with Gasteiger partial charge in [0.15, 0.2) is 0 Å². The molecule has 0 unspecified atom stereocenters. The molecule has 0 radical (unpaired) electrons. The van der Waals surface area contributed by atoms with Gasteiger partial charge in [0, 0.05) is 57.1 Å². The Balaban J connectivity index is 1.43. The molecular weight excluding hydrogens is 398 g/mol. The van der Waals surface area contributed by atoms with E-state index in [-0.39, 0.29) is 17.2 Å². The van der Waals surface area contributed by atoms with Crippen LogP contribution in [0.3, 0.4) is 0 Å². The summed E-state index contributed by atoms with van der Waals surface area (Å²) in [6, 6.07) is 5.63. The summed E-state index contributed by atoms with van der Waals surface area (Å²) >= 11 is 1.49. The summed E-state index contributed by atoms with van der Waals surface area (Å²) in [4.78, 5) is 42.3. The Labute approximate surface area is 180 Å². The van der Waals surface area contributed by atoms with Gasteiger partial charge >= 0.3 is 0 Å². The molecule has 0 saturated carbocycles. The summed E-state index contributed by atoms with van der Waals surface area (Å²) < 4.78 is 0. The van der Waals surface area contributed by atoms with Gasteiger partial charge in [0.1, 0.15) is 0 Å². The molecule has 0 bridgehead atoms. The number of nitrogens with zero attached hydrogens (tertiary/aromatic N) is 5. The first-order valence-corrected chi connectivity index (χ1v) is 11.6. The molecule has 3 aliphatic rings. The second kappa shape index (κ2) is 7.34. The number of carbonyl (C=O) groups excluding carboxylic acids is 2. The van der Waals surface area contributed by atoms with Gasteiger partial charge in [-0.15, -0.1) is 11.3 Å². The van der Waals surface area contributed by atoms with Crippen molar-refractivity contribution in [1.82, 2.24) is 19.8 Å². The molecule has 158 valence electrons. The number of hydrogen-bond donors (Lipinski definition) is 0. The lowest BCUT2D eigenvalue weighted by atomic mass is 9.60. The Kier molecular flexibility index (Phi) is 4.76. The van der Waals surface area contributed by atoms with E-state index >= 15 is 0 Å². The molecule has 2 spiro atoms. The fourth-order valence-electron chi connectivity index (χ4n) is 5.77. The van der Waals surface area contributed by atoms with E-state index in [1.54, 1.807) is 12.4 Å². The van der Waals surface area contributed by atoms with Crippen LogP contribution in [0.4, 0.5) is 5.95 Å². The van der Waals surface area contributed by atoms with Crippen molar-refractivity contribution in [1.29, 1.82) is 0 Å². The summed E-state index contributed by atoms with van der Waals surface area (Å²) in [6.45, 7) is 6.47. The van der Waals surface area contributed by atoms with Crippen molar-refractivity contribution >= 4 is 29.1 Å². The summed E-state index contributed by atoms with van der Waals surface area (Å²) in [5, 5.41) is 1.94. The molecule has 8 heteroatoms. The van der Waals surface area contributed by atoms with Gasteiger partial charge in [-0.3, -0.25) is 9.59 Å². The second-order valence-electron chi connectivity index (χ2n) is 8.67. The van der Waals surface area contributed by atoms with E-state index in [1.807, 2.05) is 33.4 Å². The number of likely N-dealkylation sites (tertiary alicyclic amines) is 2. The van der Waals surface area contributed by atoms with Crippen LogP contribution < -0.4 is 4.90 Å². The third-order valence-electron chi connectivity index (χ3n) is 7.43. The van der Waals surface area contributed by atoms with E-state index < -0.39 is 5.41 Å². The molecule has 5 heterocycles. The van der Waals surface area contributed by atoms with E-state index in [4.69, 9.17) is 0 Å². The monoisotopic (exact) mass is 425 g/mol. The first kappa shape index (κ1) is 19.5. The van der Waals surface area contributed by atoms with Gasteiger partial charge in [0.05, 0.1) is 10.3 Å². The van der Waals surface area contributed by atoms with Gasteiger partial charge in [-0.05, 0) is 43.7 Å². The first-order chi connectivity index (χ1) is 14.6. The van der Waals surface area contributed by atoms with Crippen LogP contribution in [0, 0.1) is 10.8 Å². The van der Waals surface area contributed by atoms with Gasteiger partial charge in [-0.2, -0.15) is 0 Å². The number of carbonyl (C=O) groups is 2. The van der Waals surface area contributed by atoms with Crippen molar-refractivity contribution in [3.05, 3.63) is 40.8 Å². The SMILES string of the molecule is CCN1CC[C@]2(CN(c3ncccn3)CC23CCN(C(=O)c2cccs2)CC3)C1=O. The molecule has 1 atom stereocenters. The lowest BCUT2D eigenvalue weighted by Crippen LogP contribution is -2.53. The summed E-state index contributed by atoms with van der Waals surface area (Å²) in [7, 11) is 0. The minimum atomic E-state index is -0.402. The molecule has 0 N–H and O–H groups in total. The molecule has 2 amide bonds. The highest BCUT2D eigenvalue weighted by Crippen LogP contribution is 2.58. The van der Waals surface area contributed by atoms with Gasteiger partial charge in [-0.1, -0.05) is 6.07 Å². The molecule has 2 aromatic heterocycles. The van der Waals surface area contributed by atoms with Crippen LogP contribution in [0.1, 0.15) is 35.9 Å². The number of anilines is 1. The third-order valence-corrected chi connectivity index (χ3v) is 8.29. The zero-order valence-corrected chi connectivity index (χ0v) is 18.1. The highest BCUT2D eigenvalue weighted by molar-refractivity contribution is 7.12. The molecule has 0 aromatic carbocycles. The van der Waals surface area contributed by atoms with E-state index in [1.165, 1.54) is 11.3 Å². The maximum atomic E-state index is 13.6. The van der Waals surface area contributed by atoms with Crippen LogP contribution >= 0.6 is 11.3 Å². The van der Waals surface area contributed by atoms with Crippen LogP contribution in [0.15, 0.2) is 36.0 Å². The number of aromatic nitrogens is 2. The fraction of sp³-hybridized carbons (Fsp3) is 0.545. The van der Waals surface area contributed by atoms with Crippen molar-refractivity contribution < 1.29 is 9.59 Å². The summed E-state index contributed by atoms with van der Waals surface area (Å²) in [5.41, 5.74) is -0.542. The van der Waals surface area contributed by atoms with Crippen molar-refractivity contribution in [2.24, 2.45) is 10.8 Å². The Hall–Kier alpha value is -2.48. The molecule has 7 nitrogen and oxygen atoms in total. The highest BCUT2D eigenvalue weighted by atomic mass is 32.1. The van der Waals surface area contributed by atoms with Crippen LogP contribution in [-0.4, -0.2) is 70.9 Å². The minimum Gasteiger partial charge on any atom is -0.342 e. The van der Waals surface area contributed by atoms with E-state index in [9.17, 15) is 9.59 Å². The van der Waals surface area contributed by atoms with Gasteiger partial charge in [-0.25, -0.2) is 9.97 Å². The Bertz CT molecular complexity index is 926. The third kappa shape index (κ3) is 2.84. The van der Waals surface area contributed by atoms with Crippen LogP contribution in [0.2, 0.25) is 0 Å². The van der Waals surface area contributed by atoms with Crippen molar-refractivity contribution in [2.75, 3.05) is 44.2 Å². The predicted octanol–water partition coefficient (Wildman–Crippen LogP) is 2.52. The van der Waals surface area contributed by atoms with E-state index in [2.05, 4.69) is 21.8 Å². The van der Waals surface area contributed by atoms with Gasteiger partial charge in [0.25, 0.3) is 5.91 Å². The maximum Gasteiger partial charge on any atom is 0.263 e. The number of thiophene rings is 1. The van der Waals surface area contributed by atoms with Gasteiger partial charge < -0.3 is 14.7 Å². The zero-order valence-electron chi connectivity index (χ0n) is 17.3. The molecule has 0 aliphatic carbocycles. The first-order valence-electron chi connectivity index (χ1n) is 10.7. The molecule has 5 rings (SSSR count). The molecular formula is C22H27N5O2S. The maximum absolute atomic E-state index is 13.6. The molecule has 3 aliphatic heterocycles. The topological polar surface area (TPSA) is 69.6 Å². The standard InChI is InChI=1S/C22H27N5O2S/c1-2-25-13-8-22(19(25)29)16-27(20-23-9-4-10-24-20)15-21(22)6-11-26(12-7-21)18(28)17-5-3-14-30-17/h3-5,9-10,14H,2,6-8,11-13,15-16H2,1H3/t22-/m0/s1. The summed E-state index contributed by atoms with van der Waals surface area (Å²) in [6.07, 6.45) is 6.09. The van der Waals surface area contributed by atoms with Crippen LogP contribution in [0.5, 0.6) is 0 Å². The van der Waals surface area contributed by atoms with E-state index in [0.29, 0.717) is 25.6 Å². The zero-order chi connectivity index (χ0) is 20.8. The lowest BCUT2D eigenvalue weighted by Gasteiger charge is -2.46. The lowest BCUT2D eigenvalue weighted by molar-refractivity contribution is -0.141. The largest absolute Gasteiger partial charge is 0.342 e. The Morgan fingerprint density at radius 2 is 1.87 bits per heavy atom. The summed E-state index contributed by atoms with van der Waals surface area (Å²) in [5.74, 6) is 1.10. The van der Waals surface area contributed by atoms with Crippen molar-refractivity contribution in [3.63, 3.8) is 0 Å². The smallest absolute Gasteiger partial charge is 0.263 e. The second-order valence-corrected chi connectivity index (χ2v) is 9.62. The predicted molar refractivity (Wildman–Crippen MR) is 115 cm³/mol. The Morgan fingerprint density at radius 1 is 1.10 bits per heavy atom. The number of amides is 2. The average molecular weight is 426 g/mol. The average Bonchev–Trinajstić information content (AvgIpc) is 3.50. The fourth-order valence-corrected chi connectivity index (χ4v) is 6.46. The van der Waals surface area contributed by atoms with Crippen molar-refractivity contribution in [2.45, 2.75) is 26.2 Å². The number of hydrogen-bond acceptors (Lipinski definition) is 6. The van der Waals surface area contributed by atoms with E-state index in [0.717, 1.165) is 43.8 Å². The molecule has 3 fully saturated rings. The number of piperidine rings is 1. The Morgan fingerprint density at radius 3 is 2.50 bits per heavy atom. The minimum absolute atomic E-state index is 0.114. The number of rotatable bonds is 3. The van der Waals surface area contributed by atoms with Crippen molar-refractivity contribution in [3.8, 4) is 0 Å². The highest BCUT2D eigenvalue weighted by Gasteiger charge is 2.65. The normalized spacial score (nSPS) is 25.6. The van der Waals surface area contributed by atoms with Crippen LogP contribution in [0.25, 0.3) is 0 Å².